The highest BCUT2D eigenvalue weighted by Gasteiger charge is 2.32. The molecule has 218 valence electrons. The standard InChI is InChI=1S/C26H36N6O8/c1-3-13(2)22(26(39)40)32-24(37)18(8-9-21(34)35)30-25(38)19(31-23(36)16(27)11-20(28)33)10-14-12-29-17-7-5-4-6-15(14)17/h4-7,12-13,16,18-19,22,29H,3,8-11,27H2,1-2H3,(H2,28,33)(H,30,38)(H,31,36)(H,32,37)(H,34,35)(H,39,40). The number of carbonyl (C=O) groups is 6. The molecule has 0 saturated heterocycles. The number of carboxylic acid groups (broad SMARTS) is 2. The summed E-state index contributed by atoms with van der Waals surface area (Å²) < 4.78 is 0. The molecule has 0 bridgehead atoms. The predicted octanol–water partition coefficient (Wildman–Crippen LogP) is -0.637. The van der Waals surface area contributed by atoms with Crippen molar-refractivity contribution in [1.82, 2.24) is 20.9 Å². The molecule has 14 nitrogen and oxygen atoms in total. The number of carboxylic acids is 2. The largest absolute Gasteiger partial charge is 0.481 e. The summed E-state index contributed by atoms with van der Waals surface area (Å²) in [4.78, 5) is 76.4. The third-order valence-corrected chi connectivity index (χ3v) is 6.55. The molecule has 5 atom stereocenters. The predicted molar refractivity (Wildman–Crippen MR) is 144 cm³/mol. The Morgan fingerprint density at radius 1 is 0.950 bits per heavy atom. The Balaban J connectivity index is 2.34. The van der Waals surface area contributed by atoms with Crippen LogP contribution in [0.25, 0.3) is 10.9 Å². The summed E-state index contributed by atoms with van der Waals surface area (Å²) >= 11 is 0. The lowest BCUT2D eigenvalue weighted by Crippen LogP contribution is -2.58. The number of fused-ring (bicyclic) bond motifs is 1. The summed E-state index contributed by atoms with van der Waals surface area (Å²) in [5.41, 5.74) is 12.3. The number of hydrogen-bond donors (Lipinski definition) is 8. The van der Waals surface area contributed by atoms with Crippen LogP contribution in [0.1, 0.15) is 45.1 Å². The molecule has 40 heavy (non-hydrogen) atoms. The van der Waals surface area contributed by atoms with Crippen LogP contribution >= 0.6 is 0 Å². The fourth-order valence-corrected chi connectivity index (χ4v) is 4.06. The Bertz CT molecular complexity index is 1240. The number of para-hydroxylation sites is 1. The van der Waals surface area contributed by atoms with Crippen LogP contribution in [0.15, 0.2) is 30.5 Å². The van der Waals surface area contributed by atoms with Crippen molar-refractivity contribution in [1.29, 1.82) is 0 Å². The fraction of sp³-hybridized carbons (Fsp3) is 0.462. The number of nitrogens with one attached hydrogen (secondary N) is 4. The van der Waals surface area contributed by atoms with Gasteiger partial charge in [0.25, 0.3) is 0 Å². The number of nitrogens with two attached hydrogens (primary N) is 2. The molecule has 10 N–H and O–H groups in total. The highest BCUT2D eigenvalue weighted by atomic mass is 16.4. The number of amides is 4. The van der Waals surface area contributed by atoms with Crippen molar-refractivity contribution >= 4 is 46.5 Å². The maximum atomic E-state index is 13.4. The van der Waals surface area contributed by atoms with E-state index in [0.29, 0.717) is 12.0 Å². The second-order valence-corrected chi connectivity index (χ2v) is 9.61. The zero-order valence-corrected chi connectivity index (χ0v) is 22.3. The lowest BCUT2D eigenvalue weighted by Gasteiger charge is -2.26. The summed E-state index contributed by atoms with van der Waals surface area (Å²) in [6, 6.07) is 1.90. The molecule has 1 heterocycles. The topological polar surface area (TPSA) is 247 Å². The Labute approximate surface area is 230 Å². The minimum Gasteiger partial charge on any atom is -0.481 e. The number of aromatic nitrogens is 1. The van der Waals surface area contributed by atoms with Crippen molar-refractivity contribution in [2.75, 3.05) is 0 Å². The molecular formula is C26H36N6O8. The number of rotatable bonds is 16. The van der Waals surface area contributed by atoms with Crippen LogP contribution in [0.5, 0.6) is 0 Å². The minimum absolute atomic E-state index is 0.0528. The lowest BCUT2D eigenvalue weighted by molar-refractivity contribution is -0.144. The monoisotopic (exact) mass is 560 g/mol. The van der Waals surface area contributed by atoms with Crippen LogP contribution in [0.4, 0.5) is 0 Å². The van der Waals surface area contributed by atoms with E-state index in [9.17, 15) is 33.9 Å². The van der Waals surface area contributed by atoms with Gasteiger partial charge in [0.15, 0.2) is 0 Å². The summed E-state index contributed by atoms with van der Waals surface area (Å²) in [6.45, 7) is 3.38. The SMILES string of the molecule is CCC(C)C(NC(=O)C(CCC(=O)O)NC(=O)C(Cc1c[nH]c2ccccc12)NC(=O)C(N)CC(N)=O)C(=O)O. The first-order valence-corrected chi connectivity index (χ1v) is 12.8. The van der Waals surface area contributed by atoms with Gasteiger partial charge in [-0.05, 0) is 24.0 Å². The number of aromatic amines is 1. The number of carbonyl (C=O) groups excluding carboxylic acids is 4. The summed E-state index contributed by atoms with van der Waals surface area (Å²) in [5, 5.41) is 26.8. The van der Waals surface area contributed by atoms with Gasteiger partial charge in [0, 0.05) is 29.9 Å². The van der Waals surface area contributed by atoms with Gasteiger partial charge in [-0.1, -0.05) is 38.5 Å². The molecule has 1 aromatic carbocycles. The van der Waals surface area contributed by atoms with Gasteiger partial charge in [-0.25, -0.2) is 4.79 Å². The molecule has 0 aliphatic rings. The quantitative estimate of drug-likeness (QED) is 0.130. The second-order valence-electron chi connectivity index (χ2n) is 9.61. The third-order valence-electron chi connectivity index (χ3n) is 6.55. The summed E-state index contributed by atoms with van der Waals surface area (Å²) in [5.74, 6) is -6.34. The lowest BCUT2D eigenvalue weighted by atomic mass is 9.98. The van der Waals surface area contributed by atoms with Gasteiger partial charge in [0.2, 0.25) is 23.6 Å². The van der Waals surface area contributed by atoms with Crippen molar-refractivity contribution in [3.05, 3.63) is 36.0 Å². The molecular weight excluding hydrogens is 524 g/mol. The highest BCUT2D eigenvalue weighted by molar-refractivity contribution is 5.96. The summed E-state index contributed by atoms with van der Waals surface area (Å²) in [6.07, 6.45) is 0.731. The smallest absolute Gasteiger partial charge is 0.326 e. The minimum atomic E-state index is -1.42. The van der Waals surface area contributed by atoms with E-state index in [0.717, 1.165) is 10.9 Å². The van der Waals surface area contributed by atoms with Crippen molar-refractivity contribution in [3.63, 3.8) is 0 Å². The molecule has 1 aromatic heterocycles. The maximum Gasteiger partial charge on any atom is 0.326 e. The molecule has 4 amide bonds. The highest BCUT2D eigenvalue weighted by Crippen LogP contribution is 2.19. The third kappa shape index (κ3) is 9.08. The Kier molecular flexibility index (Phi) is 11.6. The number of hydrogen-bond acceptors (Lipinski definition) is 7. The van der Waals surface area contributed by atoms with Crippen LogP contribution in [0.2, 0.25) is 0 Å². The van der Waals surface area contributed by atoms with Crippen LogP contribution in [-0.4, -0.2) is 74.9 Å². The van der Waals surface area contributed by atoms with Crippen LogP contribution in [0.3, 0.4) is 0 Å². The maximum absolute atomic E-state index is 13.4. The van der Waals surface area contributed by atoms with Crippen LogP contribution < -0.4 is 27.4 Å². The normalized spacial score (nSPS) is 14.8. The first kappa shape index (κ1) is 31.8. The fourth-order valence-electron chi connectivity index (χ4n) is 4.06. The number of H-pyrrole nitrogens is 1. The van der Waals surface area contributed by atoms with Gasteiger partial charge in [-0.3, -0.25) is 24.0 Å². The van der Waals surface area contributed by atoms with Gasteiger partial charge < -0.3 is 42.6 Å². The Hall–Kier alpha value is -4.46. The first-order chi connectivity index (χ1) is 18.8. The molecule has 2 aromatic rings. The zero-order chi connectivity index (χ0) is 30.0. The van der Waals surface area contributed by atoms with E-state index in [1.165, 1.54) is 0 Å². The van der Waals surface area contributed by atoms with E-state index in [1.807, 2.05) is 12.1 Å². The average molecular weight is 561 g/mol. The molecule has 2 rings (SSSR count). The van der Waals surface area contributed by atoms with E-state index >= 15 is 0 Å². The Morgan fingerprint density at radius 2 is 1.57 bits per heavy atom. The van der Waals surface area contributed by atoms with Crippen molar-refractivity contribution < 1.29 is 39.0 Å². The van der Waals surface area contributed by atoms with E-state index in [4.69, 9.17) is 16.6 Å². The molecule has 14 heteroatoms. The van der Waals surface area contributed by atoms with Gasteiger partial charge in [0.1, 0.15) is 18.1 Å². The van der Waals surface area contributed by atoms with Crippen LogP contribution in [0, 0.1) is 5.92 Å². The molecule has 0 aliphatic heterocycles. The first-order valence-electron chi connectivity index (χ1n) is 12.8. The Morgan fingerprint density at radius 3 is 2.17 bits per heavy atom. The summed E-state index contributed by atoms with van der Waals surface area (Å²) in [7, 11) is 0. The van der Waals surface area contributed by atoms with Crippen LogP contribution in [-0.2, 0) is 35.2 Å². The van der Waals surface area contributed by atoms with E-state index < -0.39 is 78.5 Å². The van der Waals surface area contributed by atoms with Gasteiger partial charge >= 0.3 is 11.9 Å². The van der Waals surface area contributed by atoms with Crippen molar-refractivity contribution in [3.8, 4) is 0 Å². The molecule has 5 unspecified atom stereocenters. The molecule has 0 saturated carbocycles. The van der Waals surface area contributed by atoms with Crippen molar-refractivity contribution in [2.24, 2.45) is 17.4 Å². The molecule has 0 spiro atoms. The molecule has 0 fully saturated rings. The van der Waals surface area contributed by atoms with Gasteiger partial charge in [-0.15, -0.1) is 0 Å². The zero-order valence-electron chi connectivity index (χ0n) is 22.3. The number of benzene rings is 1. The number of primary amides is 1. The van der Waals surface area contributed by atoms with E-state index in [-0.39, 0.29) is 12.8 Å². The number of aliphatic carboxylic acids is 2. The van der Waals surface area contributed by atoms with Crippen molar-refractivity contribution in [2.45, 2.75) is 70.1 Å². The molecule has 0 aliphatic carbocycles. The molecule has 0 radical (unpaired) electrons. The van der Waals surface area contributed by atoms with Gasteiger partial charge in [-0.2, -0.15) is 0 Å². The second kappa shape index (κ2) is 14.6. The van der Waals surface area contributed by atoms with E-state index in [2.05, 4.69) is 20.9 Å². The van der Waals surface area contributed by atoms with E-state index in [1.54, 1.807) is 32.2 Å². The van der Waals surface area contributed by atoms with Gasteiger partial charge in [0.05, 0.1) is 12.5 Å². The average Bonchev–Trinajstić information content (AvgIpc) is 3.30.